The second-order valence-electron chi connectivity index (χ2n) is 5.39. The number of carbonyl (C=O) groups is 2. The van der Waals surface area contributed by atoms with Crippen molar-refractivity contribution < 1.29 is 19.8 Å². The standard InChI is InChI=1S/C19H20O4/c1-3-12-10-15(14-8-6-5-7-9-14)11-13(4-2)16(12)17(18(20)21)19(22)23/h5-11,17H,3-4H2,1-2H3,(H,20,21)(H,22,23). The second-order valence-corrected chi connectivity index (χ2v) is 5.39. The van der Waals surface area contributed by atoms with Crippen molar-refractivity contribution in [1.82, 2.24) is 0 Å². The third kappa shape index (κ3) is 3.42. The van der Waals surface area contributed by atoms with Crippen LogP contribution in [0.15, 0.2) is 42.5 Å². The van der Waals surface area contributed by atoms with Gasteiger partial charge in [0.2, 0.25) is 0 Å². The number of benzene rings is 2. The van der Waals surface area contributed by atoms with E-state index >= 15 is 0 Å². The molecule has 2 aromatic carbocycles. The monoisotopic (exact) mass is 312 g/mol. The summed E-state index contributed by atoms with van der Waals surface area (Å²) >= 11 is 0. The second kappa shape index (κ2) is 7.09. The fraction of sp³-hybridized carbons (Fsp3) is 0.263. The highest BCUT2D eigenvalue weighted by Gasteiger charge is 2.32. The van der Waals surface area contributed by atoms with Crippen LogP contribution in [0.1, 0.15) is 36.5 Å². The summed E-state index contributed by atoms with van der Waals surface area (Å²) in [5.74, 6) is -4.17. The Hall–Kier alpha value is -2.62. The summed E-state index contributed by atoms with van der Waals surface area (Å²) in [6.45, 7) is 3.82. The Labute approximate surface area is 135 Å². The fourth-order valence-electron chi connectivity index (χ4n) is 2.88. The summed E-state index contributed by atoms with van der Waals surface area (Å²) in [4.78, 5) is 22.9. The summed E-state index contributed by atoms with van der Waals surface area (Å²) in [7, 11) is 0. The van der Waals surface area contributed by atoms with Crippen molar-refractivity contribution in [3.05, 3.63) is 59.2 Å². The maximum absolute atomic E-state index is 11.5. The predicted molar refractivity (Wildman–Crippen MR) is 88.6 cm³/mol. The normalized spacial score (nSPS) is 10.7. The van der Waals surface area contributed by atoms with Crippen molar-refractivity contribution in [2.24, 2.45) is 0 Å². The van der Waals surface area contributed by atoms with Crippen molar-refractivity contribution in [2.75, 3.05) is 0 Å². The molecule has 0 atom stereocenters. The van der Waals surface area contributed by atoms with Crippen LogP contribution in [0.2, 0.25) is 0 Å². The van der Waals surface area contributed by atoms with Gasteiger partial charge in [0.1, 0.15) is 0 Å². The topological polar surface area (TPSA) is 74.6 Å². The summed E-state index contributed by atoms with van der Waals surface area (Å²) in [5.41, 5.74) is 3.99. The summed E-state index contributed by atoms with van der Waals surface area (Å²) in [6, 6.07) is 13.6. The zero-order chi connectivity index (χ0) is 17.0. The average molecular weight is 312 g/mol. The van der Waals surface area contributed by atoms with E-state index in [0.717, 1.165) is 22.3 Å². The molecule has 0 saturated heterocycles. The van der Waals surface area contributed by atoms with Crippen LogP contribution in [0.25, 0.3) is 11.1 Å². The van der Waals surface area contributed by atoms with E-state index in [1.54, 1.807) is 0 Å². The van der Waals surface area contributed by atoms with Crippen LogP contribution in [-0.4, -0.2) is 22.2 Å². The molecule has 0 heterocycles. The molecule has 23 heavy (non-hydrogen) atoms. The number of hydrogen-bond acceptors (Lipinski definition) is 2. The van der Waals surface area contributed by atoms with Crippen LogP contribution >= 0.6 is 0 Å². The van der Waals surface area contributed by atoms with Crippen LogP contribution in [0.5, 0.6) is 0 Å². The molecule has 2 rings (SSSR count). The van der Waals surface area contributed by atoms with Crippen LogP contribution in [-0.2, 0) is 22.4 Å². The maximum atomic E-state index is 11.5. The minimum absolute atomic E-state index is 0.426. The smallest absolute Gasteiger partial charge is 0.322 e. The number of carboxylic acid groups (broad SMARTS) is 2. The number of aryl methyl sites for hydroxylation is 2. The zero-order valence-electron chi connectivity index (χ0n) is 13.2. The first kappa shape index (κ1) is 16.7. The highest BCUT2D eigenvalue weighted by Crippen LogP contribution is 2.32. The van der Waals surface area contributed by atoms with E-state index in [2.05, 4.69) is 0 Å². The van der Waals surface area contributed by atoms with E-state index in [4.69, 9.17) is 0 Å². The molecule has 0 aliphatic rings. The van der Waals surface area contributed by atoms with E-state index in [-0.39, 0.29) is 0 Å². The van der Waals surface area contributed by atoms with E-state index in [1.807, 2.05) is 56.3 Å². The highest BCUT2D eigenvalue weighted by atomic mass is 16.4. The molecule has 0 radical (unpaired) electrons. The molecule has 4 nitrogen and oxygen atoms in total. The van der Waals surface area contributed by atoms with Crippen LogP contribution in [0.3, 0.4) is 0 Å². The van der Waals surface area contributed by atoms with Gasteiger partial charge in [-0.05, 0) is 40.7 Å². The van der Waals surface area contributed by atoms with Crippen LogP contribution in [0, 0.1) is 0 Å². The number of hydrogen-bond donors (Lipinski definition) is 2. The lowest BCUT2D eigenvalue weighted by Gasteiger charge is -2.19. The van der Waals surface area contributed by atoms with E-state index in [1.165, 1.54) is 0 Å². The molecular weight excluding hydrogens is 292 g/mol. The van der Waals surface area contributed by atoms with Gasteiger partial charge in [0, 0.05) is 0 Å². The molecule has 2 N–H and O–H groups in total. The molecule has 120 valence electrons. The molecule has 0 fully saturated rings. The van der Waals surface area contributed by atoms with Gasteiger partial charge in [-0.3, -0.25) is 9.59 Å². The first-order chi connectivity index (χ1) is 11.0. The number of rotatable bonds is 6. The largest absolute Gasteiger partial charge is 0.480 e. The van der Waals surface area contributed by atoms with Crippen molar-refractivity contribution in [3.8, 4) is 11.1 Å². The van der Waals surface area contributed by atoms with Crippen molar-refractivity contribution in [2.45, 2.75) is 32.6 Å². The van der Waals surface area contributed by atoms with E-state index in [0.29, 0.717) is 18.4 Å². The third-order valence-electron chi connectivity index (χ3n) is 4.00. The Kier molecular flexibility index (Phi) is 5.16. The molecule has 0 aliphatic heterocycles. The quantitative estimate of drug-likeness (QED) is 0.797. The predicted octanol–water partition coefficient (Wildman–Crippen LogP) is 3.73. The van der Waals surface area contributed by atoms with Gasteiger partial charge in [0.25, 0.3) is 0 Å². The van der Waals surface area contributed by atoms with Gasteiger partial charge in [0.15, 0.2) is 5.92 Å². The van der Waals surface area contributed by atoms with Gasteiger partial charge in [-0.1, -0.05) is 56.3 Å². The van der Waals surface area contributed by atoms with Crippen molar-refractivity contribution >= 4 is 11.9 Å². The van der Waals surface area contributed by atoms with E-state index in [9.17, 15) is 19.8 Å². The number of carboxylic acids is 2. The van der Waals surface area contributed by atoms with Gasteiger partial charge >= 0.3 is 11.9 Å². The van der Waals surface area contributed by atoms with Gasteiger partial charge < -0.3 is 10.2 Å². The Morgan fingerprint density at radius 3 is 1.74 bits per heavy atom. The minimum Gasteiger partial charge on any atom is -0.480 e. The molecule has 4 heteroatoms. The molecule has 0 bridgehead atoms. The Bertz CT molecular complexity index is 680. The molecule has 0 saturated carbocycles. The van der Waals surface area contributed by atoms with Crippen LogP contribution in [0.4, 0.5) is 0 Å². The fourth-order valence-corrected chi connectivity index (χ4v) is 2.88. The molecule has 0 aromatic heterocycles. The average Bonchev–Trinajstić information content (AvgIpc) is 2.55. The summed E-state index contributed by atoms with van der Waals surface area (Å²) < 4.78 is 0. The van der Waals surface area contributed by atoms with Crippen molar-refractivity contribution in [3.63, 3.8) is 0 Å². The van der Waals surface area contributed by atoms with Crippen molar-refractivity contribution in [1.29, 1.82) is 0 Å². The molecule has 0 unspecified atom stereocenters. The molecule has 0 amide bonds. The third-order valence-corrected chi connectivity index (χ3v) is 4.00. The Morgan fingerprint density at radius 2 is 1.35 bits per heavy atom. The maximum Gasteiger partial charge on any atom is 0.322 e. The molecular formula is C19H20O4. The SMILES string of the molecule is CCc1cc(-c2ccccc2)cc(CC)c1C(C(=O)O)C(=O)O. The number of aliphatic carboxylic acids is 2. The first-order valence-electron chi connectivity index (χ1n) is 7.66. The lowest BCUT2D eigenvalue weighted by molar-refractivity contribution is -0.150. The molecule has 0 spiro atoms. The minimum atomic E-state index is -1.52. The summed E-state index contributed by atoms with van der Waals surface area (Å²) in [5, 5.41) is 18.7. The molecule has 0 aliphatic carbocycles. The summed E-state index contributed by atoms with van der Waals surface area (Å²) in [6.07, 6.45) is 1.17. The van der Waals surface area contributed by atoms with Gasteiger partial charge in [0.05, 0.1) is 0 Å². The van der Waals surface area contributed by atoms with Crippen LogP contribution < -0.4 is 0 Å². The highest BCUT2D eigenvalue weighted by molar-refractivity contribution is 6.00. The molecule has 2 aromatic rings. The van der Waals surface area contributed by atoms with E-state index < -0.39 is 17.9 Å². The zero-order valence-corrected chi connectivity index (χ0v) is 13.2. The van der Waals surface area contributed by atoms with Gasteiger partial charge in [-0.25, -0.2) is 0 Å². The van der Waals surface area contributed by atoms with Gasteiger partial charge in [-0.15, -0.1) is 0 Å². The Morgan fingerprint density at radius 1 is 0.870 bits per heavy atom. The lowest BCUT2D eigenvalue weighted by atomic mass is 9.85. The van der Waals surface area contributed by atoms with Gasteiger partial charge in [-0.2, -0.15) is 0 Å². The first-order valence-corrected chi connectivity index (χ1v) is 7.66. The Balaban J connectivity index is 2.69. The lowest BCUT2D eigenvalue weighted by Crippen LogP contribution is -2.24.